The number of hydrogen-bond acceptors (Lipinski definition) is 2. The van der Waals surface area contributed by atoms with Gasteiger partial charge in [0.15, 0.2) is 0 Å². The molecule has 0 aliphatic carbocycles. The van der Waals surface area contributed by atoms with Gasteiger partial charge in [0.25, 0.3) is 0 Å². The van der Waals surface area contributed by atoms with Crippen LogP contribution < -0.4 is 5.32 Å². The van der Waals surface area contributed by atoms with Crippen molar-refractivity contribution in [2.75, 3.05) is 13.1 Å². The molecule has 0 bridgehead atoms. The maximum Gasteiger partial charge on any atom is 0.0622 e. The van der Waals surface area contributed by atoms with Crippen molar-refractivity contribution in [3.8, 4) is 6.07 Å². The summed E-state index contributed by atoms with van der Waals surface area (Å²) in [7, 11) is 0. The molecule has 0 unspecified atom stereocenters. The molecule has 0 saturated carbocycles. The monoisotopic (exact) mass is 182 g/mol. The lowest BCUT2D eigenvalue weighted by molar-refractivity contribution is 0.519. The summed E-state index contributed by atoms with van der Waals surface area (Å²) in [5.74, 6) is 0.832. The van der Waals surface area contributed by atoms with Crippen molar-refractivity contribution < 1.29 is 0 Å². The highest BCUT2D eigenvalue weighted by Crippen LogP contribution is 2.04. The zero-order valence-electron chi connectivity index (χ0n) is 8.97. The van der Waals surface area contributed by atoms with E-state index < -0.39 is 0 Å². The second kappa shape index (κ2) is 9.54. The number of unbranched alkanes of at least 4 members (excludes halogenated alkanes) is 2. The van der Waals surface area contributed by atoms with Gasteiger partial charge in [-0.15, -0.1) is 0 Å². The van der Waals surface area contributed by atoms with Crippen LogP contribution in [0.15, 0.2) is 0 Å². The summed E-state index contributed by atoms with van der Waals surface area (Å²) < 4.78 is 0. The molecule has 0 rings (SSSR count). The predicted octanol–water partition coefficient (Wildman–Crippen LogP) is 2.71. The van der Waals surface area contributed by atoms with Gasteiger partial charge in [0.05, 0.1) is 6.07 Å². The molecule has 0 aromatic heterocycles. The Balaban J connectivity index is 2.88. The quantitative estimate of drug-likeness (QED) is 0.586. The van der Waals surface area contributed by atoms with E-state index in [9.17, 15) is 0 Å². The molecular weight excluding hydrogens is 160 g/mol. The Kier molecular flexibility index (Phi) is 9.13. The molecule has 0 fully saturated rings. The number of rotatable bonds is 8. The average Bonchev–Trinajstić information content (AvgIpc) is 2.09. The minimum absolute atomic E-state index is 0.680. The van der Waals surface area contributed by atoms with Crippen LogP contribution in [-0.4, -0.2) is 13.1 Å². The van der Waals surface area contributed by atoms with E-state index in [0.29, 0.717) is 6.42 Å². The second-order valence-corrected chi connectivity index (χ2v) is 3.90. The fraction of sp³-hybridized carbons (Fsp3) is 0.909. The van der Waals surface area contributed by atoms with Gasteiger partial charge in [-0.3, -0.25) is 0 Å². The summed E-state index contributed by atoms with van der Waals surface area (Å²) in [4.78, 5) is 0. The molecule has 0 spiro atoms. The van der Waals surface area contributed by atoms with Gasteiger partial charge in [-0.2, -0.15) is 5.26 Å². The molecule has 0 radical (unpaired) electrons. The molecule has 0 amide bonds. The maximum atomic E-state index is 8.29. The van der Waals surface area contributed by atoms with Crippen LogP contribution in [0.2, 0.25) is 0 Å². The number of hydrogen-bond donors (Lipinski definition) is 1. The third-order valence-electron chi connectivity index (χ3n) is 2.03. The van der Waals surface area contributed by atoms with E-state index in [0.717, 1.165) is 25.4 Å². The van der Waals surface area contributed by atoms with Crippen LogP contribution in [0.1, 0.15) is 46.0 Å². The van der Waals surface area contributed by atoms with Crippen LogP contribution in [0.3, 0.4) is 0 Å². The minimum atomic E-state index is 0.680. The molecule has 76 valence electrons. The van der Waals surface area contributed by atoms with Crippen molar-refractivity contribution in [3.63, 3.8) is 0 Å². The molecular formula is C11H22N2. The van der Waals surface area contributed by atoms with Crippen molar-refractivity contribution in [2.45, 2.75) is 46.0 Å². The average molecular weight is 182 g/mol. The zero-order chi connectivity index (χ0) is 9.94. The standard InChI is InChI=1S/C11H22N2/c1-11(2)7-3-5-9-13-10-6-4-8-12/h11,13H,3-7,9-10H2,1-2H3. The molecule has 0 aliphatic heterocycles. The van der Waals surface area contributed by atoms with Gasteiger partial charge >= 0.3 is 0 Å². The first kappa shape index (κ1) is 12.4. The van der Waals surface area contributed by atoms with E-state index in [-0.39, 0.29) is 0 Å². The Morgan fingerprint density at radius 3 is 2.46 bits per heavy atom. The topological polar surface area (TPSA) is 35.8 Å². The fourth-order valence-corrected chi connectivity index (χ4v) is 1.22. The largest absolute Gasteiger partial charge is 0.317 e. The van der Waals surface area contributed by atoms with Gasteiger partial charge < -0.3 is 5.32 Å². The zero-order valence-corrected chi connectivity index (χ0v) is 8.97. The van der Waals surface area contributed by atoms with E-state index >= 15 is 0 Å². The van der Waals surface area contributed by atoms with Crippen LogP contribution in [0, 0.1) is 17.2 Å². The highest BCUT2D eigenvalue weighted by molar-refractivity contribution is 4.68. The summed E-state index contributed by atoms with van der Waals surface area (Å²) in [6, 6.07) is 2.14. The highest BCUT2D eigenvalue weighted by atomic mass is 14.8. The van der Waals surface area contributed by atoms with Gasteiger partial charge in [-0.25, -0.2) is 0 Å². The molecule has 0 aliphatic rings. The van der Waals surface area contributed by atoms with E-state index in [1.54, 1.807) is 0 Å². The smallest absolute Gasteiger partial charge is 0.0622 e. The third kappa shape index (κ3) is 11.5. The van der Waals surface area contributed by atoms with E-state index in [2.05, 4.69) is 25.2 Å². The Labute approximate surface area is 82.3 Å². The lowest BCUT2D eigenvalue weighted by Gasteiger charge is -2.05. The molecule has 2 nitrogen and oxygen atoms in total. The first-order valence-corrected chi connectivity index (χ1v) is 5.35. The van der Waals surface area contributed by atoms with Gasteiger partial charge in [0.2, 0.25) is 0 Å². The molecule has 0 aromatic rings. The summed E-state index contributed by atoms with van der Waals surface area (Å²) in [6.07, 6.45) is 5.59. The minimum Gasteiger partial charge on any atom is -0.317 e. The van der Waals surface area contributed by atoms with E-state index in [1.807, 2.05) is 0 Å². The SMILES string of the molecule is CC(C)CCCCNCCCC#N. The van der Waals surface area contributed by atoms with Crippen molar-refractivity contribution in [1.29, 1.82) is 5.26 Å². The first-order chi connectivity index (χ1) is 6.27. The molecule has 0 saturated heterocycles. The van der Waals surface area contributed by atoms with Crippen molar-refractivity contribution in [3.05, 3.63) is 0 Å². The summed E-state index contributed by atoms with van der Waals surface area (Å²) in [5.41, 5.74) is 0. The van der Waals surface area contributed by atoms with Crippen LogP contribution >= 0.6 is 0 Å². The predicted molar refractivity (Wildman–Crippen MR) is 56.4 cm³/mol. The number of nitrogens with one attached hydrogen (secondary N) is 1. The highest BCUT2D eigenvalue weighted by Gasteiger charge is 1.93. The van der Waals surface area contributed by atoms with Crippen LogP contribution in [0.4, 0.5) is 0 Å². The molecule has 2 heteroatoms. The van der Waals surface area contributed by atoms with Gasteiger partial charge in [0, 0.05) is 6.42 Å². The lowest BCUT2D eigenvalue weighted by Crippen LogP contribution is -2.16. The lowest BCUT2D eigenvalue weighted by atomic mass is 10.1. The molecule has 13 heavy (non-hydrogen) atoms. The van der Waals surface area contributed by atoms with Crippen molar-refractivity contribution in [1.82, 2.24) is 5.32 Å². The van der Waals surface area contributed by atoms with Gasteiger partial charge in [-0.1, -0.05) is 26.7 Å². The Hall–Kier alpha value is -0.550. The number of nitriles is 1. The third-order valence-corrected chi connectivity index (χ3v) is 2.03. The van der Waals surface area contributed by atoms with Crippen molar-refractivity contribution >= 4 is 0 Å². The summed E-state index contributed by atoms with van der Waals surface area (Å²) >= 11 is 0. The van der Waals surface area contributed by atoms with Crippen LogP contribution in [0.25, 0.3) is 0 Å². The molecule has 0 atom stereocenters. The van der Waals surface area contributed by atoms with Gasteiger partial charge in [-0.05, 0) is 31.8 Å². The van der Waals surface area contributed by atoms with Crippen LogP contribution in [-0.2, 0) is 0 Å². The van der Waals surface area contributed by atoms with E-state index in [4.69, 9.17) is 5.26 Å². The normalized spacial score (nSPS) is 10.3. The molecule has 1 N–H and O–H groups in total. The molecule has 0 aromatic carbocycles. The van der Waals surface area contributed by atoms with Crippen LogP contribution in [0.5, 0.6) is 0 Å². The van der Waals surface area contributed by atoms with Crippen molar-refractivity contribution in [2.24, 2.45) is 5.92 Å². The Bertz CT molecular complexity index is 136. The Morgan fingerprint density at radius 2 is 1.85 bits per heavy atom. The second-order valence-electron chi connectivity index (χ2n) is 3.90. The Morgan fingerprint density at radius 1 is 1.15 bits per heavy atom. The first-order valence-electron chi connectivity index (χ1n) is 5.35. The van der Waals surface area contributed by atoms with Gasteiger partial charge in [0.1, 0.15) is 0 Å². The molecule has 0 heterocycles. The fourth-order valence-electron chi connectivity index (χ4n) is 1.22. The maximum absolute atomic E-state index is 8.29. The van der Waals surface area contributed by atoms with E-state index in [1.165, 1.54) is 19.3 Å². The number of nitrogens with zero attached hydrogens (tertiary/aromatic N) is 1. The summed E-state index contributed by atoms with van der Waals surface area (Å²) in [6.45, 7) is 6.63. The summed E-state index contributed by atoms with van der Waals surface area (Å²) in [5, 5.41) is 11.6.